The number of nitrogens with zero attached hydrogens (tertiary/aromatic N) is 2. The van der Waals surface area contributed by atoms with Crippen LogP contribution in [0.2, 0.25) is 5.02 Å². The van der Waals surface area contributed by atoms with Crippen LogP contribution in [0, 0.1) is 5.92 Å². The number of benzene rings is 2. The molecule has 1 heterocycles. The Kier molecular flexibility index (Phi) is 5.96. The molecule has 4 rings (SSSR count). The fourth-order valence-electron chi connectivity index (χ4n) is 4.09. The highest BCUT2D eigenvalue weighted by atomic mass is 35.5. The standard InChI is InChI=1S/C23H25ClN2O2/c24-20-12-6-7-17(13-20)15-26(23(27)19-10-4-5-11-19)16-21-14-22(25-28-21)18-8-2-1-3-9-18/h1-3,6-9,12-13,19,21H,4-5,10-11,14-16H2. The molecule has 0 saturated heterocycles. The summed E-state index contributed by atoms with van der Waals surface area (Å²) in [4.78, 5) is 20.8. The fourth-order valence-corrected chi connectivity index (χ4v) is 4.31. The molecule has 1 atom stereocenters. The summed E-state index contributed by atoms with van der Waals surface area (Å²) in [5.41, 5.74) is 3.07. The molecule has 146 valence electrons. The quantitative estimate of drug-likeness (QED) is 0.685. The minimum atomic E-state index is -0.111. The first-order valence-electron chi connectivity index (χ1n) is 10.0. The van der Waals surface area contributed by atoms with Gasteiger partial charge in [0.05, 0.1) is 12.3 Å². The number of carbonyl (C=O) groups is 1. The van der Waals surface area contributed by atoms with Crippen LogP contribution in [-0.4, -0.2) is 29.2 Å². The van der Waals surface area contributed by atoms with Crippen molar-refractivity contribution in [2.75, 3.05) is 6.54 Å². The first kappa shape index (κ1) is 19.0. The largest absolute Gasteiger partial charge is 0.390 e. The van der Waals surface area contributed by atoms with Crippen LogP contribution in [0.4, 0.5) is 0 Å². The summed E-state index contributed by atoms with van der Waals surface area (Å²) >= 11 is 6.15. The maximum atomic E-state index is 13.2. The minimum Gasteiger partial charge on any atom is -0.390 e. The second-order valence-electron chi connectivity index (χ2n) is 7.67. The molecule has 0 bridgehead atoms. The number of hydrogen-bond acceptors (Lipinski definition) is 3. The lowest BCUT2D eigenvalue weighted by Crippen LogP contribution is -2.40. The molecule has 2 aromatic carbocycles. The van der Waals surface area contributed by atoms with Gasteiger partial charge in [-0.05, 0) is 36.1 Å². The van der Waals surface area contributed by atoms with E-state index in [1.54, 1.807) is 0 Å². The molecular formula is C23H25ClN2O2. The third-order valence-electron chi connectivity index (χ3n) is 5.54. The van der Waals surface area contributed by atoms with E-state index in [0.29, 0.717) is 24.5 Å². The van der Waals surface area contributed by atoms with Gasteiger partial charge in [0.2, 0.25) is 5.91 Å². The van der Waals surface area contributed by atoms with Gasteiger partial charge in [-0.25, -0.2) is 0 Å². The van der Waals surface area contributed by atoms with Gasteiger partial charge in [-0.3, -0.25) is 4.79 Å². The highest BCUT2D eigenvalue weighted by molar-refractivity contribution is 6.30. The molecule has 2 aliphatic rings. The zero-order chi connectivity index (χ0) is 19.3. The molecule has 0 N–H and O–H groups in total. The average Bonchev–Trinajstić information content (AvgIpc) is 3.40. The second kappa shape index (κ2) is 8.78. The van der Waals surface area contributed by atoms with Crippen LogP contribution in [0.3, 0.4) is 0 Å². The molecule has 1 unspecified atom stereocenters. The third kappa shape index (κ3) is 4.56. The predicted octanol–water partition coefficient (Wildman–Crippen LogP) is 5.05. The van der Waals surface area contributed by atoms with E-state index in [0.717, 1.165) is 42.5 Å². The summed E-state index contributed by atoms with van der Waals surface area (Å²) in [6.07, 6.45) is 4.86. The minimum absolute atomic E-state index is 0.111. The van der Waals surface area contributed by atoms with Crippen LogP contribution in [0.15, 0.2) is 59.8 Å². The Balaban J connectivity index is 1.45. The van der Waals surface area contributed by atoms with Crippen molar-refractivity contribution >= 4 is 23.2 Å². The van der Waals surface area contributed by atoms with Crippen LogP contribution in [-0.2, 0) is 16.2 Å². The number of oxime groups is 1. The summed E-state index contributed by atoms with van der Waals surface area (Å²) in [5, 5.41) is 4.97. The predicted molar refractivity (Wildman–Crippen MR) is 111 cm³/mol. The summed E-state index contributed by atoms with van der Waals surface area (Å²) in [7, 11) is 0. The van der Waals surface area contributed by atoms with Crippen molar-refractivity contribution in [3.8, 4) is 0 Å². The molecule has 5 heteroatoms. The lowest BCUT2D eigenvalue weighted by molar-refractivity contribution is -0.137. The van der Waals surface area contributed by atoms with E-state index < -0.39 is 0 Å². The Morgan fingerprint density at radius 1 is 1.11 bits per heavy atom. The van der Waals surface area contributed by atoms with E-state index >= 15 is 0 Å². The first-order valence-corrected chi connectivity index (χ1v) is 10.4. The molecule has 2 aromatic rings. The van der Waals surface area contributed by atoms with Gasteiger partial charge in [0.15, 0.2) is 6.10 Å². The fraction of sp³-hybridized carbons (Fsp3) is 0.391. The summed E-state index contributed by atoms with van der Waals surface area (Å²) < 4.78 is 0. The molecule has 1 saturated carbocycles. The maximum absolute atomic E-state index is 13.2. The van der Waals surface area contributed by atoms with Crippen molar-refractivity contribution in [1.29, 1.82) is 0 Å². The van der Waals surface area contributed by atoms with E-state index in [1.807, 2.05) is 59.5 Å². The zero-order valence-corrected chi connectivity index (χ0v) is 16.6. The highest BCUT2D eigenvalue weighted by Crippen LogP contribution is 2.28. The molecule has 1 aliphatic heterocycles. The van der Waals surface area contributed by atoms with Crippen LogP contribution in [0.1, 0.15) is 43.2 Å². The number of amides is 1. The van der Waals surface area contributed by atoms with Gasteiger partial charge in [0.1, 0.15) is 0 Å². The van der Waals surface area contributed by atoms with Gasteiger partial charge in [-0.2, -0.15) is 0 Å². The average molecular weight is 397 g/mol. The van der Waals surface area contributed by atoms with E-state index in [-0.39, 0.29) is 17.9 Å². The molecule has 1 fully saturated rings. The molecule has 1 amide bonds. The van der Waals surface area contributed by atoms with E-state index in [9.17, 15) is 4.79 Å². The Morgan fingerprint density at radius 3 is 2.64 bits per heavy atom. The number of hydrogen-bond donors (Lipinski definition) is 0. The molecule has 0 radical (unpaired) electrons. The third-order valence-corrected chi connectivity index (χ3v) is 5.78. The molecule has 0 aromatic heterocycles. The van der Waals surface area contributed by atoms with E-state index in [1.165, 1.54) is 0 Å². The molecule has 28 heavy (non-hydrogen) atoms. The van der Waals surface area contributed by atoms with E-state index in [2.05, 4.69) is 5.16 Å². The highest BCUT2D eigenvalue weighted by Gasteiger charge is 2.31. The van der Waals surface area contributed by atoms with Crippen molar-refractivity contribution in [3.05, 3.63) is 70.7 Å². The normalized spacial score (nSPS) is 19.3. The summed E-state index contributed by atoms with van der Waals surface area (Å²) in [6.45, 7) is 1.10. The summed E-state index contributed by atoms with van der Waals surface area (Å²) in [6, 6.07) is 17.8. The molecule has 4 nitrogen and oxygen atoms in total. The number of rotatable bonds is 6. The SMILES string of the molecule is O=C(C1CCCC1)N(Cc1cccc(Cl)c1)CC1CC(c2ccccc2)=NO1. The van der Waals surface area contributed by atoms with Crippen LogP contribution >= 0.6 is 11.6 Å². The lowest BCUT2D eigenvalue weighted by Gasteiger charge is -2.27. The van der Waals surface area contributed by atoms with Gasteiger partial charge in [-0.1, -0.05) is 72.1 Å². The van der Waals surface area contributed by atoms with Crippen molar-refractivity contribution < 1.29 is 9.63 Å². The Bertz CT molecular complexity index is 847. The molecular weight excluding hydrogens is 372 g/mol. The van der Waals surface area contributed by atoms with Gasteiger partial charge in [0.25, 0.3) is 0 Å². The van der Waals surface area contributed by atoms with Crippen molar-refractivity contribution in [2.45, 2.75) is 44.8 Å². The maximum Gasteiger partial charge on any atom is 0.226 e. The Hall–Kier alpha value is -2.33. The van der Waals surface area contributed by atoms with Gasteiger partial charge in [-0.15, -0.1) is 0 Å². The first-order chi connectivity index (χ1) is 13.7. The lowest BCUT2D eigenvalue weighted by atomic mass is 10.0. The monoisotopic (exact) mass is 396 g/mol. The van der Waals surface area contributed by atoms with E-state index in [4.69, 9.17) is 16.4 Å². The molecule has 0 spiro atoms. The topological polar surface area (TPSA) is 41.9 Å². The van der Waals surface area contributed by atoms with Crippen molar-refractivity contribution in [3.63, 3.8) is 0 Å². The van der Waals surface area contributed by atoms with Crippen LogP contribution in [0.5, 0.6) is 0 Å². The van der Waals surface area contributed by atoms with Crippen LogP contribution < -0.4 is 0 Å². The molecule has 1 aliphatic carbocycles. The van der Waals surface area contributed by atoms with Gasteiger partial charge in [0, 0.05) is 23.9 Å². The Morgan fingerprint density at radius 2 is 1.89 bits per heavy atom. The van der Waals surface area contributed by atoms with Crippen LogP contribution in [0.25, 0.3) is 0 Å². The second-order valence-corrected chi connectivity index (χ2v) is 8.10. The van der Waals surface area contributed by atoms with Crippen molar-refractivity contribution in [1.82, 2.24) is 4.90 Å². The Labute approximate surface area is 171 Å². The number of carbonyl (C=O) groups excluding carboxylic acids is 1. The zero-order valence-electron chi connectivity index (χ0n) is 15.9. The van der Waals surface area contributed by atoms with Crippen molar-refractivity contribution in [2.24, 2.45) is 11.1 Å². The summed E-state index contributed by atoms with van der Waals surface area (Å²) in [5.74, 6) is 0.365. The van der Waals surface area contributed by atoms with Gasteiger partial charge < -0.3 is 9.74 Å². The van der Waals surface area contributed by atoms with Gasteiger partial charge >= 0.3 is 0 Å². The number of halogens is 1. The smallest absolute Gasteiger partial charge is 0.226 e.